The predicted octanol–water partition coefficient (Wildman–Crippen LogP) is 3.22. The van der Waals surface area contributed by atoms with Crippen LogP contribution in [-0.2, 0) is 4.74 Å². The van der Waals surface area contributed by atoms with Crippen LogP contribution in [0.15, 0.2) is 53.3 Å². The van der Waals surface area contributed by atoms with Gasteiger partial charge in [-0.05, 0) is 52.7 Å². The molecule has 1 unspecified atom stereocenters. The maximum atomic E-state index is 12.1. The zero-order valence-corrected chi connectivity index (χ0v) is 16.4. The van der Waals surface area contributed by atoms with Crippen LogP contribution in [0.3, 0.4) is 0 Å². The number of nitrogens with one attached hydrogen (secondary N) is 1. The molecular formula is C18H18BrN5O3. The number of halogens is 1. The topological polar surface area (TPSA) is 91.2 Å². The summed E-state index contributed by atoms with van der Waals surface area (Å²) in [7, 11) is 1.57. The fourth-order valence-electron chi connectivity index (χ4n) is 2.49. The summed E-state index contributed by atoms with van der Waals surface area (Å²) in [6, 6.07) is 13.0. The normalized spacial score (nSPS) is 11.8. The Labute approximate surface area is 164 Å². The van der Waals surface area contributed by atoms with Crippen molar-refractivity contribution in [3.8, 4) is 22.6 Å². The highest BCUT2D eigenvalue weighted by Gasteiger charge is 2.12. The molecule has 1 N–H and O–H groups in total. The van der Waals surface area contributed by atoms with Crippen molar-refractivity contribution in [2.24, 2.45) is 0 Å². The molecule has 0 saturated heterocycles. The molecule has 1 heterocycles. The average Bonchev–Trinajstić information content (AvgIpc) is 3.17. The van der Waals surface area contributed by atoms with E-state index in [0.717, 1.165) is 15.6 Å². The highest BCUT2D eigenvalue weighted by Crippen LogP contribution is 2.28. The number of carbonyl (C=O) groups is 1. The lowest BCUT2D eigenvalue weighted by molar-refractivity contribution is 0.159. The Hall–Kier alpha value is -2.78. The second-order valence-corrected chi connectivity index (χ2v) is 6.78. The van der Waals surface area contributed by atoms with E-state index >= 15 is 0 Å². The van der Waals surface area contributed by atoms with Crippen molar-refractivity contribution in [1.29, 1.82) is 0 Å². The molecule has 0 fully saturated rings. The van der Waals surface area contributed by atoms with Crippen molar-refractivity contribution < 1.29 is 14.3 Å². The van der Waals surface area contributed by atoms with Gasteiger partial charge in [0.25, 0.3) is 0 Å². The van der Waals surface area contributed by atoms with Gasteiger partial charge in [0.15, 0.2) is 0 Å². The third-order valence-electron chi connectivity index (χ3n) is 3.67. The molecule has 140 valence electrons. The van der Waals surface area contributed by atoms with Gasteiger partial charge >= 0.3 is 6.09 Å². The monoisotopic (exact) mass is 431 g/mol. The minimum atomic E-state index is -0.560. The molecule has 8 nitrogen and oxygen atoms in total. The summed E-state index contributed by atoms with van der Waals surface area (Å²) in [5.41, 5.74) is 2.50. The number of benzene rings is 2. The van der Waals surface area contributed by atoms with Crippen LogP contribution in [0.4, 0.5) is 4.79 Å². The third-order valence-corrected chi connectivity index (χ3v) is 4.20. The van der Waals surface area contributed by atoms with Gasteiger partial charge in [-0.25, -0.2) is 9.48 Å². The van der Waals surface area contributed by atoms with Crippen LogP contribution in [0.5, 0.6) is 5.75 Å². The summed E-state index contributed by atoms with van der Waals surface area (Å²) in [5, 5.41) is 13.9. The number of tetrazole rings is 1. The number of carbonyl (C=O) groups excluding carboxylic acids is 1. The molecule has 3 aromatic rings. The smallest absolute Gasteiger partial charge is 0.410 e. The SMILES string of the molecule is COCC(C)NC(=O)Oc1cc(-c2ccc(Br)cc2)cc(-n2cnnn2)c1. The molecule has 1 amide bonds. The van der Waals surface area contributed by atoms with Gasteiger partial charge in [0.1, 0.15) is 12.1 Å². The maximum Gasteiger partial charge on any atom is 0.412 e. The van der Waals surface area contributed by atoms with E-state index in [1.165, 1.54) is 11.0 Å². The van der Waals surface area contributed by atoms with Crippen molar-refractivity contribution in [1.82, 2.24) is 25.5 Å². The number of hydrogen-bond donors (Lipinski definition) is 1. The van der Waals surface area contributed by atoms with Crippen molar-refractivity contribution >= 4 is 22.0 Å². The molecule has 0 aliphatic heterocycles. The molecule has 9 heteroatoms. The lowest BCUT2D eigenvalue weighted by Gasteiger charge is -2.14. The van der Waals surface area contributed by atoms with E-state index in [2.05, 4.69) is 36.8 Å². The van der Waals surface area contributed by atoms with Crippen molar-refractivity contribution in [3.05, 3.63) is 53.3 Å². The molecule has 27 heavy (non-hydrogen) atoms. The molecule has 0 aliphatic rings. The quantitative estimate of drug-likeness (QED) is 0.643. The first-order valence-corrected chi connectivity index (χ1v) is 8.96. The molecule has 1 atom stereocenters. The molecule has 3 rings (SSSR count). The number of aromatic nitrogens is 4. The molecule has 0 aliphatic carbocycles. The van der Waals surface area contributed by atoms with Crippen LogP contribution < -0.4 is 10.1 Å². The Kier molecular flexibility index (Phi) is 6.15. The van der Waals surface area contributed by atoms with Gasteiger partial charge in [0.05, 0.1) is 18.3 Å². The zero-order valence-electron chi connectivity index (χ0n) is 14.8. The second kappa shape index (κ2) is 8.74. The molecule has 0 radical (unpaired) electrons. The summed E-state index contributed by atoms with van der Waals surface area (Å²) in [4.78, 5) is 12.1. The van der Waals surface area contributed by atoms with E-state index < -0.39 is 6.09 Å². The maximum absolute atomic E-state index is 12.1. The number of amides is 1. The van der Waals surface area contributed by atoms with Crippen LogP contribution in [0, 0.1) is 0 Å². The molecule has 2 aromatic carbocycles. The molecule has 1 aromatic heterocycles. The Bertz CT molecular complexity index is 900. The minimum Gasteiger partial charge on any atom is -0.410 e. The summed E-state index contributed by atoms with van der Waals surface area (Å²) in [6.07, 6.45) is 0.917. The highest BCUT2D eigenvalue weighted by molar-refractivity contribution is 9.10. The van der Waals surface area contributed by atoms with Gasteiger partial charge in [-0.2, -0.15) is 0 Å². The average molecular weight is 432 g/mol. The first-order chi connectivity index (χ1) is 13.0. The fraction of sp³-hybridized carbons (Fsp3) is 0.222. The lowest BCUT2D eigenvalue weighted by Crippen LogP contribution is -2.37. The minimum absolute atomic E-state index is 0.170. The van der Waals surface area contributed by atoms with Crippen LogP contribution in [0.1, 0.15) is 6.92 Å². The van der Waals surface area contributed by atoms with Crippen molar-refractivity contribution in [2.45, 2.75) is 13.0 Å². The van der Waals surface area contributed by atoms with E-state index in [4.69, 9.17) is 9.47 Å². The number of ether oxygens (including phenoxy) is 2. The molecular weight excluding hydrogens is 414 g/mol. The van der Waals surface area contributed by atoms with Crippen LogP contribution in [0.25, 0.3) is 16.8 Å². The Morgan fingerprint density at radius 2 is 2.00 bits per heavy atom. The first kappa shape index (κ1) is 19.0. The number of methoxy groups -OCH3 is 1. The molecule has 0 spiro atoms. The van der Waals surface area contributed by atoms with E-state index in [1.54, 1.807) is 19.2 Å². The molecule has 0 bridgehead atoms. The Balaban J connectivity index is 1.90. The number of hydrogen-bond acceptors (Lipinski definition) is 6. The lowest BCUT2D eigenvalue weighted by atomic mass is 10.0. The first-order valence-electron chi connectivity index (χ1n) is 8.17. The van der Waals surface area contributed by atoms with Gasteiger partial charge < -0.3 is 14.8 Å². The van der Waals surface area contributed by atoms with E-state index in [0.29, 0.717) is 18.0 Å². The molecule has 0 saturated carbocycles. The van der Waals surface area contributed by atoms with Gasteiger partial charge in [-0.15, -0.1) is 5.10 Å². The van der Waals surface area contributed by atoms with Crippen LogP contribution in [-0.4, -0.2) is 46.1 Å². The third kappa shape index (κ3) is 5.11. The van der Waals surface area contributed by atoms with Crippen molar-refractivity contribution in [2.75, 3.05) is 13.7 Å². The Morgan fingerprint density at radius 3 is 2.67 bits per heavy atom. The fourth-order valence-corrected chi connectivity index (χ4v) is 2.76. The van der Waals surface area contributed by atoms with Gasteiger partial charge in [0, 0.05) is 17.6 Å². The van der Waals surface area contributed by atoms with E-state index in [-0.39, 0.29) is 6.04 Å². The Morgan fingerprint density at radius 1 is 1.22 bits per heavy atom. The van der Waals surface area contributed by atoms with Gasteiger partial charge in [0.2, 0.25) is 0 Å². The van der Waals surface area contributed by atoms with Crippen LogP contribution in [0.2, 0.25) is 0 Å². The van der Waals surface area contributed by atoms with Crippen LogP contribution >= 0.6 is 15.9 Å². The van der Waals surface area contributed by atoms with E-state index in [1.807, 2.05) is 37.3 Å². The predicted molar refractivity (Wildman–Crippen MR) is 103 cm³/mol. The number of nitrogens with zero attached hydrogens (tertiary/aromatic N) is 4. The number of rotatable bonds is 6. The summed E-state index contributed by atoms with van der Waals surface area (Å²) < 4.78 is 12.9. The van der Waals surface area contributed by atoms with Crippen molar-refractivity contribution in [3.63, 3.8) is 0 Å². The summed E-state index contributed by atoms with van der Waals surface area (Å²) in [6.45, 7) is 2.22. The largest absolute Gasteiger partial charge is 0.412 e. The highest BCUT2D eigenvalue weighted by atomic mass is 79.9. The second-order valence-electron chi connectivity index (χ2n) is 5.87. The summed E-state index contributed by atoms with van der Waals surface area (Å²) in [5.74, 6) is 0.378. The standard InChI is InChI=1S/C18H18BrN5O3/c1-12(10-26-2)21-18(25)27-17-8-14(13-3-5-15(19)6-4-13)7-16(9-17)24-11-20-22-23-24/h3-9,11-12H,10H2,1-2H3,(H,21,25). The van der Waals surface area contributed by atoms with Gasteiger partial charge in [-0.3, -0.25) is 0 Å². The summed E-state index contributed by atoms with van der Waals surface area (Å²) >= 11 is 3.43. The van der Waals surface area contributed by atoms with Gasteiger partial charge in [-0.1, -0.05) is 28.1 Å². The zero-order chi connectivity index (χ0) is 19.2. The van der Waals surface area contributed by atoms with E-state index in [9.17, 15) is 4.79 Å².